The third kappa shape index (κ3) is 3.59. The summed E-state index contributed by atoms with van der Waals surface area (Å²) >= 11 is 4.35. The predicted octanol–water partition coefficient (Wildman–Crippen LogP) is 2.83. The predicted molar refractivity (Wildman–Crippen MR) is 75.0 cm³/mol. The zero-order chi connectivity index (χ0) is 14.0. The summed E-state index contributed by atoms with van der Waals surface area (Å²) in [4.78, 5) is 4.04. The van der Waals surface area contributed by atoms with E-state index in [1.165, 1.54) is 23.5 Å². The lowest BCUT2D eigenvalue weighted by atomic mass is 10.3. The summed E-state index contributed by atoms with van der Waals surface area (Å²) in [5, 5.41) is 2.50. The van der Waals surface area contributed by atoms with Crippen LogP contribution in [0, 0.1) is 12.7 Å². The summed E-state index contributed by atoms with van der Waals surface area (Å²) in [5.74, 6) is -0.618. The molecule has 0 atom stereocenters. The molecule has 1 aromatic carbocycles. The molecule has 0 aliphatic heterocycles. The van der Waals surface area contributed by atoms with Crippen LogP contribution in [-0.2, 0) is 16.6 Å². The van der Waals surface area contributed by atoms with E-state index in [1.807, 2.05) is 12.3 Å². The van der Waals surface area contributed by atoms with Crippen LogP contribution in [-0.4, -0.2) is 13.4 Å². The van der Waals surface area contributed by atoms with Gasteiger partial charge in [-0.3, -0.25) is 0 Å². The molecule has 19 heavy (non-hydrogen) atoms. The minimum Gasteiger partial charge on any atom is -0.245 e. The van der Waals surface area contributed by atoms with Gasteiger partial charge in [0.05, 0.1) is 15.9 Å². The number of nitrogens with one attached hydrogen (secondary N) is 1. The summed E-state index contributed by atoms with van der Waals surface area (Å²) < 4.78 is 39.9. The standard InChI is InChI=1S/C11H10BrFN2O2S2/c1-7-6-18-11(15-7)5-14-19(16,17)8-2-3-9(12)10(13)4-8/h2-4,6,14H,5H2,1H3. The molecular weight excluding hydrogens is 355 g/mol. The first kappa shape index (κ1) is 14.6. The van der Waals surface area contributed by atoms with E-state index in [-0.39, 0.29) is 15.9 Å². The summed E-state index contributed by atoms with van der Waals surface area (Å²) in [5.41, 5.74) is 0.842. The Balaban J connectivity index is 2.16. The molecule has 0 amide bonds. The van der Waals surface area contributed by atoms with Crippen LogP contribution < -0.4 is 4.72 Å². The average molecular weight is 365 g/mol. The normalized spacial score (nSPS) is 11.7. The largest absolute Gasteiger partial charge is 0.245 e. The van der Waals surface area contributed by atoms with Gasteiger partial charge in [-0.1, -0.05) is 0 Å². The summed E-state index contributed by atoms with van der Waals surface area (Å²) in [6, 6.07) is 3.67. The van der Waals surface area contributed by atoms with Gasteiger partial charge in [-0.15, -0.1) is 11.3 Å². The van der Waals surface area contributed by atoms with Crippen molar-refractivity contribution in [1.29, 1.82) is 0 Å². The summed E-state index contributed by atoms with van der Waals surface area (Å²) in [7, 11) is -3.73. The highest BCUT2D eigenvalue weighted by Gasteiger charge is 2.16. The van der Waals surface area contributed by atoms with Gasteiger partial charge in [-0.05, 0) is 41.1 Å². The van der Waals surface area contributed by atoms with Crippen LogP contribution in [0.5, 0.6) is 0 Å². The maximum atomic E-state index is 13.3. The highest BCUT2D eigenvalue weighted by molar-refractivity contribution is 9.10. The van der Waals surface area contributed by atoms with Gasteiger partial charge in [0.2, 0.25) is 10.0 Å². The Kier molecular flexibility index (Phi) is 4.34. The Morgan fingerprint density at radius 3 is 2.79 bits per heavy atom. The molecule has 102 valence electrons. The molecule has 0 radical (unpaired) electrons. The number of benzene rings is 1. The van der Waals surface area contributed by atoms with Crippen molar-refractivity contribution in [2.75, 3.05) is 0 Å². The SMILES string of the molecule is Cc1csc(CNS(=O)(=O)c2ccc(Br)c(F)c2)n1. The van der Waals surface area contributed by atoms with Gasteiger partial charge in [0.25, 0.3) is 0 Å². The smallest absolute Gasteiger partial charge is 0.241 e. The molecule has 0 spiro atoms. The Hall–Kier alpha value is -0.830. The van der Waals surface area contributed by atoms with Crippen molar-refractivity contribution in [1.82, 2.24) is 9.71 Å². The second kappa shape index (κ2) is 5.66. The van der Waals surface area contributed by atoms with Crippen molar-refractivity contribution >= 4 is 37.3 Å². The van der Waals surface area contributed by atoms with Crippen LogP contribution in [0.15, 0.2) is 32.9 Å². The lowest BCUT2D eigenvalue weighted by molar-refractivity contribution is 0.576. The van der Waals surface area contributed by atoms with Crippen LogP contribution >= 0.6 is 27.3 Å². The molecule has 8 heteroatoms. The molecule has 4 nitrogen and oxygen atoms in total. The first-order valence-corrected chi connectivity index (χ1v) is 8.40. The number of thiazole rings is 1. The zero-order valence-corrected chi connectivity index (χ0v) is 13.1. The number of rotatable bonds is 4. The van der Waals surface area contributed by atoms with Gasteiger partial charge in [0.15, 0.2) is 0 Å². The van der Waals surface area contributed by atoms with E-state index in [9.17, 15) is 12.8 Å². The van der Waals surface area contributed by atoms with Crippen LogP contribution in [0.3, 0.4) is 0 Å². The first-order chi connectivity index (χ1) is 8.88. The van der Waals surface area contributed by atoms with E-state index in [2.05, 4.69) is 25.6 Å². The minimum absolute atomic E-state index is 0.0958. The number of hydrogen-bond acceptors (Lipinski definition) is 4. The quantitative estimate of drug-likeness (QED) is 0.907. The van der Waals surface area contributed by atoms with E-state index in [0.29, 0.717) is 5.01 Å². The Labute approximate surface area is 122 Å². The van der Waals surface area contributed by atoms with Gasteiger partial charge < -0.3 is 0 Å². The zero-order valence-electron chi connectivity index (χ0n) is 9.85. The fourth-order valence-electron chi connectivity index (χ4n) is 1.37. The molecular formula is C11H10BrFN2O2S2. The molecule has 0 aliphatic rings. The van der Waals surface area contributed by atoms with E-state index < -0.39 is 15.8 Å². The Morgan fingerprint density at radius 2 is 2.21 bits per heavy atom. The van der Waals surface area contributed by atoms with Crippen molar-refractivity contribution in [2.24, 2.45) is 0 Å². The fraction of sp³-hybridized carbons (Fsp3) is 0.182. The molecule has 1 aromatic heterocycles. The third-order valence-electron chi connectivity index (χ3n) is 2.28. The molecule has 0 saturated carbocycles. The van der Waals surface area contributed by atoms with Crippen molar-refractivity contribution < 1.29 is 12.8 Å². The van der Waals surface area contributed by atoms with Crippen LogP contribution in [0.2, 0.25) is 0 Å². The van der Waals surface area contributed by atoms with Crippen LogP contribution in [0.4, 0.5) is 4.39 Å². The molecule has 1 heterocycles. The topological polar surface area (TPSA) is 59.1 Å². The van der Waals surface area contributed by atoms with E-state index in [4.69, 9.17) is 0 Å². The second-order valence-corrected chi connectivity index (χ2v) is 7.35. The van der Waals surface area contributed by atoms with Gasteiger partial charge in [0, 0.05) is 11.1 Å². The Morgan fingerprint density at radius 1 is 1.47 bits per heavy atom. The van der Waals surface area contributed by atoms with Gasteiger partial charge >= 0.3 is 0 Å². The van der Waals surface area contributed by atoms with Gasteiger partial charge in [-0.2, -0.15) is 0 Å². The fourth-order valence-corrected chi connectivity index (χ4v) is 3.42. The minimum atomic E-state index is -3.73. The van der Waals surface area contributed by atoms with Crippen molar-refractivity contribution in [3.05, 3.63) is 44.6 Å². The number of aryl methyl sites for hydroxylation is 1. The second-order valence-electron chi connectivity index (χ2n) is 3.78. The number of aromatic nitrogens is 1. The lowest BCUT2D eigenvalue weighted by Crippen LogP contribution is -2.23. The Bertz CT molecular complexity index is 700. The van der Waals surface area contributed by atoms with E-state index in [1.54, 1.807) is 0 Å². The summed E-state index contributed by atoms with van der Waals surface area (Å²) in [6.07, 6.45) is 0. The molecule has 0 bridgehead atoms. The molecule has 0 aliphatic carbocycles. The van der Waals surface area contributed by atoms with Crippen molar-refractivity contribution in [3.63, 3.8) is 0 Å². The van der Waals surface area contributed by atoms with Crippen LogP contribution in [0.25, 0.3) is 0 Å². The van der Waals surface area contributed by atoms with E-state index >= 15 is 0 Å². The van der Waals surface area contributed by atoms with Crippen molar-refractivity contribution in [2.45, 2.75) is 18.4 Å². The third-order valence-corrected chi connectivity index (χ3v) is 5.29. The first-order valence-electron chi connectivity index (χ1n) is 5.24. The average Bonchev–Trinajstić information content (AvgIpc) is 2.76. The van der Waals surface area contributed by atoms with Crippen molar-refractivity contribution in [3.8, 4) is 0 Å². The molecule has 0 unspecified atom stereocenters. The van der Waals surface area contributed by atoms with Crippen LogP contribution in [0.1, 0.15) is 10.7 Å². The highest BCUT2D eigenvalue weighted by Crippen LogP contribution is 2.19. The summed E-state index contributed by atoms with van der Waals surface area (Å²) in [6.45, 7) is 1.93. The maximum Gasteiger partial charge on any atom is 0.241 e. The van der Waals surface area contributed by atoms with Gasteiger partial charge in [-0.25, -0.2) is 22.5 Å². The molecule has 1 N–H and O–H groups in total. The molecule has 0 fully saturated rings. The lowest BCUT2D eigenvalue weighted by Gasteiger charge is -2.05. The van der Waals surface area contributed by atoms with Gasteiger partial charge in [0.1, 0.15) is 10.8 Å². The number of sulfonamides is 1. The van der Waals surface area contributed by atoms with E-state index in [0.717, 1.165) is 11.8 Å². The highest BCUT2D eigenvalue weighted by atomic mass is 79.9. The number of nitrogens with zero attached hydrogens (tertiary/aromatic N) is 1. The molecule has 2 aromatic rings. The maximum absolute atomic E-state index is 13.3. The molecule has 2 rings (SSSR count). The number of hydrogen-bond donors (Lipinski definition) is 1. The monoisotopic (exact) mass is 364 g/mol. The molecule has 0 saturated heterocycles. The number of halogens is 2.